The fraction of sp³-hybridized carbons (Fsp3) is 0.0769. The van der Waals surface area contributed by atoms with E-state index in [1.165, 1.54) is 0 Å². The van der Waals surface area contributed by atoms with Crippen LogP contribution < -0.4 is 0 Å². The van der Waals surface area contributed by atoms with Gasteiger partial charge in [-0.15, -0.1) is 0 Å². The Morgan fingerprint density at radius 2 is 1.17 bits per heavy atom. The van der Waals surface area contributed by atoms with Gasteiger partial charge in [-0.25, -0.2) is 9.59 Å². The van der Waals surface area contributed by atoms with Gasteiger partial charge in [0.05, 0.1) is 11.1 Å². The van der Waals surface area contributed by atoms with Gasteiger partial charge in [0, 0.05) is 5.92 Å². The van der Waals surface area contributed by atoms with Gasteiger partial charge in [-0.05, 0) is 47.4 Å². The van der Waals surface area contributed by atoms with E-state index in [0.717, 1.165) is 23.1 Å². The molecule has 0 atom stereocenters. The van der Waals surface area contributed by atoms with Crippen LogP contribution in [0.3, 0.4) is 0 Å². The van der Waals surface area contributed by atoms with Gasteiger partial charge in [0.2, 0.25) is 0 Å². The zero-order valence-corrected chi connectivity index (χ0v) is 16.3. The Morgan fingerprint density at radius 1 is 0.667 bits per heavy atom. The van der Waals surface area contributed by atoms with Gasteiger partial charge in [0.15, 0.2) is 0 Å². The number of carboxylic acid groups (broad SMARTS) is 2. The molecule has 30 heavy (non-hydrogen) atoms. The monoisotopic (exact) mass is 398 g/mol. The van der Waals surface area contributed by atoms with Crippen LogP contribution in [0.4, 0.5) is 0 Å². The highest BCUT2D eigenvalue weighted by Gasteiger charge is 2.18. The fourth-order valence-corrected chi connectivity index (χ4v) is 3.25. The molecule has 2 aromatic rings. The van der Waals surface area contributed by atoms with E-state index >= 15 is 0 Å². The standard InChI is InChI=1S/C26H22O4/c27-25(28)22-15-11-20(12-16-22)24(21-13-17-23(18-14-21)26(29)30)19-9-7-5-3-1-2-4-6-8-10-19/h1,3-18,24H,2H2,(H,27,28)(H,29,30)/b3-1-,6-4-,7-5-,10-8-,19-9+. The van der Waals surface area contributed by atoms with E-state index in [1.54, 1.807) is 48.5 Å². The minimum atomic E-state index is -0.974. The van der Waals surface area contributed by atoms with Crippen molar-refractivity contribution in [1.82, 2.24) is 0 Å². The molecule has 3 rings (SSSR count). The molecular weight excluding hydrogens is 376 g/mol. The third kappa shape index (κ3) is 5.32. The average Bonchev–Trinajstić information content (AvgIpc) is 2.81. The molecule has 0 aromatic heterocycles. The summed E-state index contributed by atoms with van der Waals surface area (Å²) >= 11 is 0. The first-order valence-corrected chi connectivity index (χ1v) is 9.59. The molecule has 0 saturated carbocycles. The van der Waals surface area contributed by atoms with Gasteiger partial charge in [-0.1, -0.05) is 78.9 Å². The van der Waals surface area contributed by atoms with Crippen LogP contribution >= 0.6 is 0 Å². The van der Waals surface area contributed by atoms with E-state index in [4.69, 9.17) is 0 Å². The normalized spacial score (nSPS) is 19.7. The highest BCUT2D eigenvalue weighted by atomic mass is 16.4. The van der Waals surface area contributed by atoms with Crippen LogP contribution in [0.2, 0.25) is 0 Å². The van der Waals surface area contributed by atoms with Crippen molar-refractivity contribution in [3.8, 4) is 0 Å². The lowest BCUT2D eigenvalue weighted by Gasteiger charge is -2.20. The molecule has 0 fully saturated rings. The Kier molecular flexibility index (Phi) is 6.95. The molecule has 0 aliphatic heterocycles. The maximum absolute atomic E-state index is 11.2. The highest BCUT2D eigenvalue weighted by molar-refractivity contribution is 5.88. The van der Waals surface area contributed by atoms with Crippen LogP contribution in [-0.2, 0) is 0 Å². The second-order valence-electron chi connectivity index (χ2n) is 6.79. The predicted molar refractivity (Wildman–Crippen MR) is 118 cm³/mol. The number of benzene rings is 2. The Balaban J connectivity index is 2.10. The number of carbonyl (C=O) groups is 2. The van der Waals surface area contributed by atoms with Crippen molar-refractivity contribution in [1.29, 1.82) is 0 Å². The third-order valence-corrected chi connectivity index (χ3v) is 4.77. The number of carboxylic acids is 2. The largest absolute Gasteiger partial charge is 0.478 e. The molecule has 0 saturated heterocycles. The summed E-state index contributed by atoms with van der Waals surface area (Å²) in [6.45, 7) is 0. The molecule has 150 valence electrons. The molecule has 0 bridgehead atoms. The Hall–Kier alpha value is -3.92. The van der Waals surface area contributed by atoms with Crippen LogP contribution in [0.25, 0.3) is 0 Å². The first-order valence-electron chi connectivity index (χ1n) is 9.59. The summed E-state index contributed by atoms with van der Waals surface area (Å²) in [6.07, 6.45) is 18.9. The number of hydrogen-bond donors (Lipinski definition) is 2. The molecule has 2 N–H and O–H groups in total. The van der Waals surface area contributed by atoms with E-state index in [1.807, 2.05) is 42.5 Å². The van der Waals surface area contributed by atoms with E-state index in [2.05, 4.69) is 12.2 Å². The molecule has 0 amide bonds. The summed E-state index contributed by atoms with van der Waals surface area (Å²) < 4.78 is 0. The van der Waals surface area contributed by atoms with Gasteiger partial charge in [0.25, 0.3) is 0 Å². The highest BCUT2D eigenvalue weighted by Crippen LogP contribution is 2.33. The summed E-state index contributed by atoms with van der Waals surface area (Å²) in [5.41, 5.74) is 3.28. The van der Waals surface area contributed by atoms with Gasteiger partial charge < -0.3 is 10.2 Å². The van der Waals surface area contributed by atoms with Crippen molar-refractivity contribution in [3.05, 3.63) is 131 Å². The van der Waals surface area contributed by atoms with E-state index in [9.17, 15) is 19.8 Å². The Morgan fingerprint density at radius 3 is 1.67 bits per heavy atom. The van der Waals surface area contributed by atoms with Crippen LogP contribution in [0.1, 0.15) is 44.2 Å². The van der Waals surface area contributed by atoms with E-state index in [0.29, 0.717) is 0 Å². The number of hydrogen-bond acceptors (Lipinski definition) is 2. The minimum Gasteiger partial charge on any atom is -0.478 e. The fourth-order valence-electron chi connectivity index (χ4n) is 3.25. The van der Waals surface area contributed by atoms with Crippen LogP contribution in [-0.4, -0.2) is 22.2 Å². The number of aromatic carboxylic acids is 2. The average molecular weight is 398 g/mol. The van der Waals surface area contributed by atoms with Gasteiger partial charge >= 0.3 is 11.9 Å². The molecule has 4 heteroatoms. The maximum Gasteiger partial charge on any atom is 0.335 e. The lowest BCUT2D eigenvalue weighted by atomic mass is 9.83. The minimum absolute atomic E-state index is 0.185. The molecular formula is C26H22O4. The SMILES string of the molecule is O=C(O)c1ccc(C(C2=C/C=C\C=C/C\C=C/C=C\2)c2ccc(C(=O)O)cc2)cc1. The Labute approximate surface area is 175 Å². The smallest absolute Gasteiger partial charge is 0.335 e. The van der Waals surface area contributed by atoms with E-state index < -0.39 is 11.9 Å². The maximum atomic E-state index is 11.2. The molecule has 0 unspecified atom stereocenters. The first-order chi connectivity index (χ1) is 14.6. The van der Waals surface area contributed by atoms with Crippen molar-refractivity contribution in [3.63, 3.8) is 0 Å². The zero-order valence-electron chi connectivity index (χ0n) is 16.3. The molecule has 0 spiro atoms. The Bertz CT molecular complexity index is 992. The molecule has 0 radical (unpaired) electrons. The molecule has 1 aliphatic carbocycles. The summed E-state index contributed by atoms with van der Waals surface area (Å²) in [5.74, 6) is -2.13. The summed E-state index contributed by atoms with van der Waals surface area (Å²) in [6, 6.07) is 13.6. The quantitative estimate of drug-likeness (QED) is 0.670. The third-order valence-electron chi connectivity index (χ3n) is 4.77. The number of rotatable bonds is 5. The van der Waals surface area contributed by atoms with Crippen molar-refractivity contribution in [2.24, 2.45) is 0 Å². The van der Waals surface area contributed by atoms with Gasteiger partial charge in [0.1, 0.15) is 0 Å². The lowest BCUT2D eigenvalue weighted by molar-refractivity contribution is 0.0686. The molecule has 4 nitrogen and oxygen atoms in total. The molecule has 1 aliphatic rings. The second-order valence-corrected chi connectivity index (χ2v) is 6.79. The van der Waals surface area contributed by atoms with Gasteiger partial charge in [-0.3, -0.25) is 0 Å². The number of allylic oxidation sites excluding steroid dienone is 10. The van der Waals surface area contributed by atoms with Crippen LogP contribution in [0, 0.1) is 0 Å². The topological polar surface area (TPSA) is 74.6 Å². The summed E-state index contributed by atoms with van der Waals surface area (Å²) in [7, 11) is 0. The predicted octanol–water partition coefficient (Wildman–Crippen LogP) is 5.77. The second kappa shape index (κ2) is 10.0. The van der Waals surface area contributed by atoms with Gasteiger partial charge in [-0.2, -0.15) is 0 Å². The van der Waals surface area contributed by atoms with Crippen LogP contribution in [0.5, 0.6) is 0 Å². The van der Waals surface area contributed by atoms with Crippen molar-refractivity contribution in [2.75, 3.05) is 0 Å². The van der Waals surface area contributed by atoms with Crippen molar-refractivity contribution >= 4 is 11.9 Å². The summed E-state index contributed by atoms with van der Waals surface area (Å²) in [4.78, 5) is 22.5. The lowest BCUT2D eigenvalue weighted by Crippen LogP contribution is -2.06. The van der Waals surface area contributed by atoms with Crippen LogP contribution in [0.15, 0.2) is 109 Å². The first kappa shape index (κ1) is 20.8. The van der Waals surface area contributed by atoms with Crippen molar-refractivity contribution < 1.29 is 19.8 Å². The zero-order chi connectivity index (χ0) is 21.3. The molecule has 0 heterocycles. The van der Waals surface area contributed by atoms with E-state index in [-0.39, 0.29) is 17.0 Å². The van der Waals surface area contributed by atoms with Crippen molar-refractivity contribution in [2.45, 2.75) is 12.3 Å². The molecule has 2 aromatic carbocycles. The summed E-state index contributed by atoms with van der Waals surface area (Å²) in [5, 5.41) is 18.4.